The fraction of sp³-hybridized carbons (Fsp3) is 0.775. The Hall–Kier alpha value is -2.81. The van der Waals surface area contributed by atoms with Gasteiger partial charge in [-0.3, -0.25) is 18.6 Å². The van der Waals surface area contributed by atoms with Crippen LogP contribution in [0.1, 0.15) is 303 Å². The largest absolute Gasteiger partial charge is 0.472 e. The molecule has 0 heterocycles. The number of amides is 1. The molecule has 0 saturated heterocycles. The first-order valence-corrected chi connectivity index (χ1v) is 35.4. The number of nitrogens with one attached hydrogen (secondary N) is 1. The molecule has 470 valence electrons. The van der Waals surface area contributed by atoms with Gasteiger partial charge in [0.2, 0.25) is 5.91 Å². The summed E-state index contributed by atoms with van der Waals surface area (Å²) < 4.78 is 30.8. The summed E-state index contributed by atoms with van der Waals surface area (Å²) in [4.78, 5) is 37.8. The molecule has 2 N–H and O–H groups in total. The van der Waals surface area contributed by atoms with Gasteiger partial charge in [-0.05, 0) is 109 Å². The Bertz CT molecular complexity index is 1660. The van der Waals surface area contributed by atoms with Crippen LogP contribution in [0, 0.1) is 0 Å². The van der Waals surface area contributed by atoms with Gasteiger partial charge in [0.1, 0.15) is 19.3 Å². The predicted molar refractivity (Wildman–Crippen MR) is 351 cm³/mol. The number of likely N-dealkylation sites (N-methyl/N-ethyl adjacent to an activating group) is 1. The van der Waals surface area contributed by atoms with E-state index in [9.17, 15) is 19.0 Å². The van der Waals surface area contributed by atoms with Crippen molar-refractivity contribution in [2.45, 2.75) is 315 Å². The van der Waals surface area contributed by atoms with Crippen LogP contribution >= 0.6 is 7.82 Å². The van der Waals surface area contributed by atoms with Crippen LogP contribution in [0.25, 0.3) is 0 Å². The Morgan fingerprint density at radius 2 is 0.753 bits per heavy atom. The summed E-state index contributed by atoms with van der Waals surface area (Å²) >= 11 is 0. The van der Waals surface area contributed by atoms with Gasteiger partial charge in [0.25, 0.3) is 0 Å². The summed E-state index contributed by atoms with van der Waals surface area (Å²) in [5, 5.41) is 3.06. The van der Waals surface area contributed by atoms with E-state index in [-0.39, 0.29) is 31.5 Å². The molecule has 0 aromatic rings. The van der Waals surface area contributed by atoms with Gasteiger partial charge in [0, 0.05) is 12.8 Å². The summed E-state index contributed by atoms with van der Waals surface area (Å²) in [6.07, 6.45) is 80.1. The number of allylic oxidation sites excluding steroid dienone is 13. The van der Waals surface area contributed by atoms with Crippen LogP contribution in [0.2, 0.25) is 0 Å². The first kappa shape index (κ1) is 78.2. The monoisotopic (exact) mass is 1150 g/mol. The zero-order valence-corrected chi connectivity index (χ0v) is 54.7. The number of phosphoric ester groups is 1. The molecule has 1 amide bonds. The molecule has 0 saturated carbocycles. The highest BCUT2D eigenvalue weighted by Crippen LogP contribution is 2.43. The number of rotatable bonds is 61. The van der Waals surface area contributed by atoms with Gasteiger partial charge >= 0.3 is 13.8 Å². The fourth-order valence-electron chi connectivity index (χ4n) is 9.54. The summed E-state index contributed by atoms with van der Waals surface area (Å²) in [7, 11) is 1.49. The van der Waals surface area contributed by atoms with E-state index in [0.717, 1.165) is 103 Å². The van der Waals surface area contributed by atoms with E-state index in [0.29, 0.717) is 17.4 Å². The van der Waals surface area contributed by atoms with E-state index in [1.165, 1.54) is 167 Å². The van der Waals surface area contributed by atoms with Crippen molar-refractivity contribution in [1.29, 1.82) is 0 Å². The maximum Gasteiger partial charge on any atom is 0.472 e. The lowest BCUT2D eigenvalue weighted by atomic mass is 10.0. The van der Waals surface area contributed by atoms with E-state index in [4.69, 9.17) is 13.8 Å². The third-order valence-electron chi connectivity index (χ3n) is 14.8. The summed E-state index contributed by atoms with van der Waals surface area (Å²) in [5.74, 6) is -0.514. The molecule has 0 rings (SSSR count). The molecule has 3 unspecified atom stereocenters. The average molecular weight is 1150 g/mol. The highest BCUT2D eigenvalue weighted by Gasteiger charge is 2.30. The number of carbonyl (C=O) groups excluding carboxylic acids is 2. The molecule has 0 spiro atoms. The topological polar surface area (TPSA) is 111 Å². The molecule has 81 heavy (non-hydrogen) atoms. The highest BCUT2D eigenvalue weighted by atomic mass is 31.2. The van der Waals surface area contributed by atoms with Crippen molar-refractivity contribution >= 4 is 19.7 Å². The smallest absolute Gasteiger partial charge is 0.456 e. The minimum atomic E-state index is -4.46. The molecule has 3 atom stereocenters. The van der Waals surface area contributed by atoms with E-state index < -0.39 is 20.0 Å². The number of carbonyl (C=O) groups is 2. The van der Waals surface area contributed by atoms with Crippen molar-refractivity contribution < 1.29 is 37.3 Å². The van der Waals surface area contributed by atoms with Crippen LogP contribution in [-0.4, -0.2) is 74.3 Å². The Labute approximate surface area is 501 Å². The van der Waals surface area contributed by atoms with Crippen molar-refractivity contribution in [3.05, 3.63) is 85.1 Å². The Kier molecular flexibility index (Phi) is 58.2. The number of phosphoric acid groups is 1. The molecule has 9 nitrogen and oxygen atoms in total. The van der Waals surface area contributed by atoms with E-state index in [1.807, 2.05) is 33.3 Å². The molecule has 0 bridgehead atoms. The lowest BCUT2D eigenvalue weighted by Crippen LogP contribution is -2.47. The van der Waals surface area contributed by atoms with Crippen LogP contribution in [-0.2, 0) is 27.9 Å². The molecule has 0 aliphatic carbocycles. The van der Waals surface area contributed by atoms with Crippen LogP contribution in [0.4, 0.5) is 0 Å². The number of ether oxygens (including phenoxy) is 1. The average Bonchev–Trinajstić information content (AvgIpc) is 3.43. The van der Waals surface area contributed by atoms with Gasteiger partial charge < -0.3 is 19.4 Å². The second kappa shape index (κ2) is 60.3. The molecular formula is C71H130N2O7P+. The minimum Gasteiger partial charge on any atom is -0.456 e. The van der Waals surface area contributed by atoms with Crippen LogP contribution in [0.3, 0.4) is 0 Å². The third kappa shape index (κ3) is 61.6. The number of hydrogen-bond donors (Lipinski definition) is 2. The van der Waals surface area contributed by atoms with E-state index in [1.54, 1.807) is 0 Å². The molecule has 0 aromatic carbocycles. The molecule has 0 aliphatic rings. The second-order valence-electron chi connectivity index (χ2n) is 24.0. The first-order chi connectivity index (χ1) is 39.4. The standard InChI is InChI=1S/C71H129N2O7P/c1-7-10-13-16-19-22-25-27-29-31-33-34-35-36-37-38-40-42-44-46-49-52-55-58-61-64-71(75)80-69(62-59-56-53-50-47-24-21-18-15-12-9-3)68(67-79-81(76,77)78-66-65-73(4,5)6)72-70(74)63-60-57-54-51-48-45-43-41-39-32-30-28-26-23-20-17-14-11-8-2/h19-20,22-23,27-30,33-34,36-37,59,62,68-69H,7-18,21,24-26,31-32,35,38-58,60-61,63-67H2,1-6H3,(H-,72,74,76,77)/p+1/b22-19-,23-20-,29-27-,30-28-,34-33-,37-36-,62-59-. The minimum absolute atomic E-state index is 0.0356. The predicted octanol–water partition coefficient (Wildman–Crippen LogP) is 21.3. The second-order valence-corrected chi connectivity index (χ2v) is 25.4. The van der Waals surface area contributed by atoms with Crippen LogP contribution in [0.5, 0.6) is 0 Å². The molecule has 0 aromatic heterocycles. The number of unbranched alkanes of at least 4 members (excludes halogenated alkanes) is 33. The molecular weight excluding hydrogens is 1020 g/mol. The van der Waals surface area contributed by atoms with Gasteiger partial charge in [0.15, 0.2) is 0 Å². The molecule has 0 fully saturated rings. The van der Waals surface area contributed by atoms with E-state index in [2.05, 4.69) is 99.0 Å². The zero-order valence-electron chi connectivity index (χ0n) is 53.8. The summed E-state index contributed by atoms with van der Waals surface area (Å²) in [5.41, 5.74) is 0. The van der Waals surface area contributed by atoms with Crippen molar-refractivity contribution in [3.63, 3.8) is 0 Å². The maximum absolute atomic E-state index is 13.6. The number of nitrogens with zero attached hydrogens (tertiary/aromatic N) is 1. The number of esters is 1. The highest BCUT2D eigenvalue weighted by molar-refractivity contribution is 7.47. The lowest BCUT2D eigenvalue weighted by Gasteiger charge is -2.27. The van der Waals surface area contributed by atoms with Crippen molar-refractivity contribution in [3.8, 4) is 0 Å². The lowest BCUT2D eigenvalue weighted by molar-refractivity contribution is -0.870. The molecule has 0 radical (unpaired) electrons. The van der Waals surface area contributed by atoms with Crippen LogP contribution < -0.4 is 5.32 Å². The van der Waals surface area contributed by atoms with Crippen molar-refractivity contribution in [2.75, 3.05) is 40.9 Å². The van der Waals surface area contributed by atoms with Crippen molar-refractivity contribution in [2.24, 2.45) is 0 Å². The quantitative estimate of drug-likeness (QED) is 0.0205. The van der Waals surface area contributed by atoms with Gasteiger partial charge in [-0.2, -0.15) is 0 Å². The first-order valence-electron chi connectivity index (χ1n) is 33.9. The Morgan fingerprint density at radius 1 is 0.432 bits per heavy atom. The maximum atomic E-state index is 13.6. The zero-order chi connectivity index (χ0) is 59.3. The number of hydrogen-bond acceptors (Lipinski definition) is 6. The molecule has 10 heteroatoms. The Morgan fingerprint density at radius 3 is 1.15 bits per heavy atom. The van der Waals surface area contributed by atoms with Gasteiger partial charge in [-0.15, -0.1) is 0 Å². The van der Waals surface area contributed by atoms with Crippen molar-refractivity contribution in [1.82, 2.24) is 5.32 Å². The summed E-state index contributed by atoms with van der Waals surface area (Å²) in [6, 6.07) is -0.857. The van der Waals surface area contributed by atoms with E-state index >= 15 is 0 Å². The molecule has 0 aliphatic heterocycles. The summed E-state index contributed by atoms with van der Waals surface area (Å²) in [6.45, 7) is 6.96. The normalized spacial score (nSPS) is 14.1. The fourth-order valence-corrected chi connectivity index (χ4v) is 10.3. The Balaban J connectivity index is 5.10. The van der Waals surface area contributed by atoms with Crippen LogP contribution in [0.15, 0.2) is 85.1 Å². The number of quaternary nitrogens is 1. The van der Waals surface area contributed by atoms with Gasteiger partial charge in [0.05, 0.1) is 33.8 Å². The third-order valence-corrected chi connectivity index (χ3v) is 15.8. The SMILES string of the molecule is CCCCC/C=C\C/C=C\C/C=C\C/C=C\CCCCCCCCCCCC(=O)OC(/C=C\CCCCCCCCCCC)C(COP(=O)(O)OCC[N+](C)(C)C)NC(=O)CCCCCCCCCCC/C=C\C/C=C\CCCCC. The van der Waals surface area contributed by atoms with Gasteiger partial charge in [-0.1, -0.05) is 267 Å². The van der Waals surface area contributed by atoms with Gasteiger partial charge in [-0.25, -0.2) is 4.57 Å².